The number of allylic oxidation sites excluding steroid dienone is 4. The molecular weight excluding hydrogens is 160 g/mol. The Bertz CT molecular complexity index is 238. The van der Waals surface area contributed by atoms with Crippen LogP contribution < -0.4 is 0 Å². The highest BCUT2D eigenvalue weighted by atomic mass is 28.3. The van der Waals surface area contributed by atoms with E-state index in [1.165, 1.54) is 12.8 Å². The van der Waals surface area contributed by atoms with Crippen LogP contribution >= 0.6 is 0 Å². The van der Waals surface area contributed by atoms with E-state index in [1.807, 2.05) is 0 Å². The molecule has 0 fully saturated rings. The van der Waals surface area contributed by atoms with Crippen molar-refractivity contribution in [2.75, 3.05) is 0 Å². The zero-order chi connectivity index (χ0) is 9.35. The van der Waals surface area contributed by atoms with Crippen molar-refractivity contribution >= 4 is 8.07 Å². The lowest BCUT2D eigenvalue weighted by Gasteiger charge is -2.26. The molecule has 0 amide bonds. The maximum Gasteiger partial charge on any atom is 0.0727 e. The van der Waals surface area contributed by atoms with Crippen LogP contribution in [0.15, 0.2) is 22.4 Å². The smallest absolute Gasteiger partial charge is 0.0727 e. The lowest BCUT2D eigenvalue weighted by molar-refractivity contribution is 1.01. The Kier molecular flexibility index (Phi) is 2.62. The van der Waals surface area contributed by atoms with Crippen molar-refractivity contribution in [1.29, 1.82) is 0 Å². The zero-order valence-electron chi connectivity index (χ0n) is 8.99. The predicted molar refractivity (Wildman–Crippen MR) is 59.0 cm³/mol. The van der Waals surface area contributed by atoms with Crippen LogP contribution in [0.5, 0.6) is 0 Å². The van der Waals surface area contributed by atoms with Gasteiger partial charge in [0.25, 0.3) is 0 Å². The van der Waals surface area contributed by atoms with Gasteiger partial charge in [-0.3, -0.25) is 0 Å². The molecule has 0 aromatic carbocycles. The third-order valence-corrected chi connectivity index (χ3v) is 5.06. The van der Waals surface area contributed by atoms with E-state index in [4.69, 9.17) is 0 Å². The molecule has 0 saturated carbocycles. The maximum absolute atomic E-state index is 2.44. The highest BCUT2D eigenvalue weighted by Crippen LogP contribution is 2.30. The molecule has 0 atom stereocenters. The molecule has 1 aliphatic carbocycles. The van der Waals surface area contributed by atoms with Crippen LogP contribution in [0.3, 0.4) is 0 Å². The number of hydrogen-bond acceptors (Lipinski definition) is 0. The third kappa shape index (κ3) is 2.10. The Morgan fingerprint density at radius 3 is 2.17 bits per heavy atom. The first kappa shape index (κ1) is 9.78. The van der Waals surface area contributed by atoms with Gasteiger partial charge in [0.1, 0.15) is 0 Å². The van der Waals surface area contributed by atoms with Crippen molar-refractivity contribution in [1.82, 2.24) is 0 Å². The van der Waals surface area contributed by atoms with Crippen LogP contribution in [0.2, 0.25) is 19.6 Å². The van der Waals surface area contributed by atoms with Gasteiger partial charge in [0.05, 0.1) is 8.07 Å². The number of rotatable bonds is 1. The van der Waals surface area contributed by atoms with E-state index in [2.05, 4.69) is 39.6 Å². The van der Waals surface area contributed by atoms with Crippen LogP contribution in [-0.2, 0) is 0 Å². The highest BCUT2D eigenvalue weighted by molar-refractivity contribution is 6.83. The minimum Gasteiger partial charge on any atom is -0.0816 e. The molecule has 0 nitrogen and oxygen atoms in total. The molecule has 0 heterocycles. The quantitative estimate of drug-likeness (QED) is 0.424. The Morgan fingerprint density at radius 1 is 1.17 bits per heavy atom. The lowest BCUT2D eigenvalue weighted by Crippen LogP contribution is -2.26. The third-order valence-electron chi connectivity index (χ3n) is 2.62. The van der Waals surface area contributed by atoms with Gasteiger partial charge in [-0.2, -0.15) is 0 Å². The summed E-state index contributed by atoms with van der Waals surface area (Å²) in [7, 11) is -1.01. The largest absolute Gasteiger partial charge is 0.0816 e. The van der Waals surface area contributed by atoms with Crippen molar-refractivity contribution < 1.29 is 0 Å². The summed E-state index contributed by atoms with van der Waals surface area (Å²) in [5.41, 5.74) is 3.20. The molecule has 1 heteroatoms. The SMILES string of the molecule is CC1=CCC([Si](C)(C)C)=C(C)C1. The standard InChI is InChI=1S/C11H20Si/c1-9-6-7-11(10(2)8-9)12(3,4)5/h6H,7-8H2,1-5H3. The van der Waals surface area contributed by atoms with Crippen molar-refractivity contribution in [3.8, 4) is 0 Å². The summed E-state index contributed by atoms with van der Waals surface area (Å²) in [6, 6.07) is 0. The molecule has 0 unspecified atom stereocenters. The Labute approximate surface area is 77.4 Å². The highest BCUT2D eigenvalue weighted by Gasteiger charge is 2.22. The average molecular weight is 180 g/mol. The number of hydrogen-bond donors (Lipinski definition) is 0. The van der Waals surface area contributed by atoms with Gasteiger partial charge in [-0.05, 0) is 26.7 Å². The molecule has 1 rings (SSSR count). The van der Waals surface area contributed by atoms with E-state index in [-0.39, 0.29) is 0 Å². The van der Waals surface area contributed by atoms with E-state index in [1.54, 1.807) is 16.3 Å². The van der Waals surface area contributed by atoms with E-state index in [0.717, 1.165) is 0 Å². The molecule has 68 valence electrons. The Hall–Kier alpha value is -0.303. The second-order valence-electron chi connectivity index (χ2n) is 4.94. The first-order chi connectivity index (χ1) is 5.41. The topological polar surface area (TPSA) is 0 Å². The molecule has 12 heavy (non-hydrogen) atoms. The molecule has 0 aromatic heterocycles. The van der Waals surface area contributed by atoms with E-state index in [0.29, 0.717) is 0 Å². The van der Waals surface area contributed by atoms with Gasteiger partial charge in [-0.1, -0.05) is 42.1 Å². The van der Waals surface area contributed by atoms with Gasteiger partial charge in [-0.15, -0.1) is 0 Å². The molecule has 0 saturated heterocycles. The summed E-state index contributed by atoms with van der Waals surface area (Å²) < 4.78 is 0. The molecule has 0 N–H and O–H groups in total. The second kappa shape index (κ2) is 3.21. The summed E-state index contributed by atoms with van der Waals surface area (Å²) in [4.78, 5) is 0. The molecule has 0 spiro atoms. The monoisotopic (exact) mass is 180 g/mol. The van der Waals surface area contributed by atoms with Crippen LogP contribution in [0, 0.1) is 0 Å². The van der Waals surface area contributed by atoms with E-state index >= 15 is 0 Å². The van der Waals surface area contributed by atoms with Crippen molar-refractivity contribution in [2.24, 2.45) is 0 Å². The van der Waals surface area contributed by atoms with Crippen molar-refractivity contribution in [3.63, 3.8) is 0 Å². The fourth-order valence-electron chi connectivity index (χ4n) is 1.99. The van der Waals surface area contributed by atoms with E-state index in [9.17, 15) is 0 Å². The minimum absolute atomic E-state index is 1.01. The first-order valence-corrected chi connectivity index (χ1v) is 8.26. The van der Waals surface area contributed by atoms with Gasteiger partial charge in [0.2, 0.25) is 0 Å². The van der Waals surface area contributed by atoms with E-state index < -0.39 is 8.07 Å². The molecule has 0 bridgehead atoms. The maximum atomic E-state index is 2.44. The summed E-state index contributed by atoms with van der Waals surface area (Å²) in [6.45, 7) is 11.9. The fourth-order valence-corrected chi connectivity index (χ4v) is 4.08. The second-order valence-corrected chi connectivity index (χ2v) is 10.0. The Balaban J connectivity index is 2.87. The van der Waals surface area contributed by atoms with Gasteiger partial charge in [-0.25, -0.2) is 0 Å². The minimum atomic E-state index is -1.01. The fraction of sp³-hybridized carbons (Fsp3) is 0.636. The van der Waals surface area contributed by atoms with Gasteiger partial charge >= 0.3 is 0 Å². The Morgan fingerprint density at radius 2 is 1.75 bits per heavy atom. The zero-order valence-corrected chi connectivity index (χ0v) is 9.99. The summed E-state index contributed by atoms with van der Waals surface area (Å²) in [6.07, 6.45) is 4.85. The van der Waals surface area contributed by atoms with Crippen LogP contribution in [0.1, 0.15) is 26.7 Å². The van der Waals surface area contributed by atoms with Crippen LogP contribution in [0.25, 0.3) is 0 Å². The molecular formula is C11H20Si. The molecule has 1 aliphatic rings. The van der Waals surface area contributed by atoms with Gasteiger partial charge < -0.3 is 0 Å². The van der Waals surface area contributed by atoms with Crippen LogP contribution in [-0.4, -0.2) is 8.07 Å². The summed E-state index contributed by atoms with van der Waals surface area (Å²) >= 11 is 0. The molecule has 0 aromatic rings. The first-order valence-electron chi connectivity index (χ1n) is 4.76. The molecule has 0 aliphatic heterocycles. The predicted octanol–water partition coefficient (Wildman–Crippen LogP) is 3.92. The van der Waals surface area contributed by atoms with Gasteiger partial charge in [0, 0.05) is 0 Å². The van der Waals surface area contributed by atoms with Gasteiger partial charge in [0.15, 0.2) is 0 Å². The lowest BCUT2D eigenvalue weighted by atomic mass is 10.0. The summed E-state index contributed by atoms with van der Waals surface area (Å²) in [5.74, 6) is 0. The van der Waals surface area contributed by atoms with Crippen LogP contribution in [0.4, 0.5) is 0 Å². The van der Waals surface area contributed by atoms with Crippen molar-refractivity contribution in [2.45, 2.75) is 46.3 Å². The normalized spacial score (nSPS) is 19.6. The molecule has 0 radical (unpaired) electrons. The van der Waals surface area contributed by atoms with Crippen molar-refractivity contribution in [3.05, 3.63) is 22.4 Å². The summed E-state index contributed by atoms with van der Waals surface area (Å²) in [5, 5.41) is 1.77. The average Bonchev–Trinajstić information content (AvgIpc) is 1.83.